The van der Waals surface area contributed by atoms with Crippen molar-refractivity contribution in [2.75, 3.05) is 0 Å². The number of thiazole rings is 1. The number of rotatable bonds is 5. The molecular weight excluding hydrogens is 374 g/mol. The van der Waals surface area contributed by atoms with Gasteiger partial charge in [0.15, 0.2) is 5.16 Å². The van der Waals surface area contributed by atoms with Gasteiger partial charge in [-0.2, -0.15) is 0 Å². The molecular formula is C21H19N3OS2. The first-order chi connectivity index (χ1) is 13.1. The monoisotopic (exact) mass is 393 g/mol. The van der Waals surface area contributed by atoms with Crippen LogP contribution >= 0.6 is 23.1 Å². The molecule has 0 aliphatic rings. The van der Waals surface area contributed by atoms with Gasteiger partial charge < -0.3 is 0 Å². The van der Waals surface area contributed by atoms with Crippen LogP contribution in [0.15, 0.2) is 63.9 Å². The van der Waals surface area contributed by atoms with E-state index in [1.54, 1.807) is 27.7 Å². The minimum atomic E-state index is -0.00173. The number of aryl methyl sites for hydroxylation is 2. The van der Waals surface area contributed by atoms with Crippen LogP contribution in [0.4, 0.5) is 0 Å². The quantitative estimate of drug-likeness (QED) is 0.361. The average Bonchev–Trinajstić information content (AvgIpc) is 3.09. The topological polar surface area (TPSA) is 47.8 Å². The molecule has 0 spiro atoms. The highest BCUT2D eigenvalue weighted by atomic mass is 32.2. The van der Waals surface area contributed by atoms with Gasteiger partial charge in [0.1, 0.15) is 0 Å². The Morgan fingerprint density at radius 1 is 1.04 bits per heavy atom. The molecule has 4 rings (SSSR count). The molecule has 0 unspecified atom stereocenters. The Bertz CT molecular complexity index is 1150. The Balaban J connectivity index is 1.74. The second-order valence-corrected chi connectivity index (χ2v) is 8.44. The minimum absolute atomic E-state index is 0.00173. The molecule has 0 radical (unpaired) electrons. The molecule has 0 amide bonds. The molecule has 4 aromatic rings. The van der Waals surface area contributed by atoms with Gasteiger partial charge in [-0.1, -0.05) is 53.7 Å². The Morgan fingerprint density at radius 3 is 2.56 bits per heavy atom. The Hall–Kier alpha value is -2.44. The zero-order valence-electron chi connectivity index (χ0n) is 15.2. The highest BCUT2D eigenvalue weighted by molar-refractivity contribution is 7.98. The smallest absolute Gasteiger partial charge is 0.262 e. The third-order valence-corrected chi connectivity index (χ3v) is 6.14. The van der Waals surface area contributed by atoms with Crippen LogP contribution in [0.2, 0.25) is 0 Å². The van der Waals surface area contributed by atoms with Crippen molar-refractivity contribution >= 4 is 34.0 Å². The van der Waals surface area contributed by atoms with Crippen molar-refractivity contribution in [1.82, 2.24) is 14.5 Å². The van der Waals surface area contributed by atoms with Crippen molar-refractivity contribution in [3.8, 4) is 0 Å². The van der Waals surface area contributed by atoms with Crippen LogP contribution in [0.5, 0.6) is 0 Å². The van der Waals surface area contributed by atoms with Gasteiger partial charge in [-0.25, -0.2) is 9.97 Å². The lowest BCUT2D eigenvalue weighted by Crippen LogP contribution is -2.24. The molecule has 0 bridgehead atoms. The lowest BCUT2D eigenvalue weighted by molar-refractivity contribution is 0.658. The van der Waals surface area contributed by atoms with Crippen molar-refractivity contribution in [1.29, 1.82) is 0 Å². The average molecular weight is 394 g/mol. The van der Waals surface area contributed by atoms with E-state index >= 15 is 0 Å². The summed E-state index contributed by atoms with van der Waals surface area (Å²) in [6, 6.07) is 15.8. The van der Waals surface area contributed by atoms with E-state index in [0.717, 1.165) is 26.9 Å². The standard InChI is InChI=1S/C21H19N3OS2/c1-14-7-9-16(10-8-14)11-24-20(25)18-5-3-4-6-19(18)23-21(24)27-13-17-12-26-15(2)22-17/h3-10,12H,11,13H2,1-2H3. The predicted molar refractivity (Wildman–Crippen MR) is 113 cm³/mol. The van der Waals surface area contributed by atoms with Crippen molar-refractivity contribution in [3.05, 3.63) is 86.1 Å². The van der Waals surface area contributed by atoms with E-state index in [1.807, 2.05) is 31.2 Å². The van der Waals surface area contributed by atoms with Crippen molar-refractivity contribution in [2.45, 2.75) is 31.3 Å². The highest BCUT2D eigenvalue weighted by Gasteiger charge is 2.13. The van der Waals surface area contributed by atoms with Gasteiger partial charge in [-0.05, 0) is 31.5 Å². The highest BCUT2D eigenvalue weighted by Crippen LogP contribution is 2.23. The molecule has 4 nitrogen and oxygen atoms in total. The molecule has 2 aromatic heterocycles. The molecule has 0 aliphatic heterocycles. The summed E-state index contributed by atoms with van der Waals surface area (Å²) in [4.78, 5) is 22.4. The summed E-state index contributed by atoms with van der Waals surface area (Å²) >= 11 is 3.20. The number of aromatic nitrogens is 3. The van der Waals surface area contributed by atoms with Gasteiger partial charge in [0, 0.05) is 11.1 Å². The number of hydrogen-bond donors (Lipinski definition) is 0. The summed E-state index contributed by atoms with van der Waals surface area (Å²) < 4.78 is 1.77. The molecule has 0 fully saturated rings. The number of para-hydroxylation sites is 1. The zero-order valence-corrected chi connectivity index (χ0v) is 16.8. The number of hydrogen-bond acceptors (Lipinski definition) is 5. The van der Waals surface area contributed by atoms with Crippen LogP contribution in [-0.2, 0) is 12.3 Å². The second-order valence-electron chi connectivity index (χ2n) is 6.43. The Morgan fingerprint density at radius 2 is 1.81 bits per heavy atom. The van der Waals surface area contributed by atoms with E-state index in [9.17, 15) is 4.79 Å². The van der Waals surface area contributed by atoms with Crippen molar-refractivity contribution in [3.63, 3.8) is 0 Å². The Labute approximate surface area is 165 Å². The van der Waals surface area contributed by atoms with Gasteiger partial charge in [0.05, 0.1) is 28.1 Å². The first-order valence-corrected chi connectivity index (χ1v) is 10.6. The van der Waals surface area contributed by atoms with E-state index in [0.29, 0.717) is 17.7 Å². The number of benzene rings is 2. The van der Waals surface area contributed by atoms with E-state index in [-0.39, 0.29) is 5.56 Å². The van der Waals surface area contributed by atoms with Crippen LogP contribution in [0.1, 0.15) is 21.8 Å². The maximum Gasteiger partial charge on any atom is 0.262 e. The van der Waals surface area contributed by atoms with E-state index in [2.05, 4.69) is 41.6 Å². The van der Waals surface area contributed by atoms with Gasteiger partial charge in [0.2, 0.25) is 0 Å². The summed E-state index contributed by atoms with van der Waals surface area (Å²) in [6.45, 7) is 4.57. The molecule has 6 heteroatoms. The fourth-order valence-electron chi connectivity index (χ4n) is 2.89. The maximum absolute atomic E-state index is 13.1. The molecule has 0 aliphatic carbocycles. The van der Waals surface area contributed by atoms with E-state index in [4.69, 9.17) is 4.98 Å². The fraction of sp³-hybridized carbons (Fsp3) is 0.190. The lowest BCUT2D eigenvalue weighted by atomic mass is 10.1. The SMILES string of the molecule is Cc1ccc(Cn2c(SCc3csc(C)n3)nc3ccccc3c2=O)cc1. The molecule has 2 aromatic carbocycles. The minimum Gasteiger partial charge on any atom is -0.283 e. The normalized spacial score (nSPS) is 11.2. The predicted octanol–water partition coefficient (Wildman–Crippen LogP) is 4.81. The number of fused-ring (bicyclic) bond motifs is 1. The summed E-state index contributed by atoms with van der Waals surface area (Å²) in [7, 11) is 0. The molecule has 0 saturated carbocycles. The third kappa shape index (κ3) is 3.96. The Kier molecular flexibility index (Phi) is 5.09. The van der Waals surface area contributed by atoms with Crippen molar-refractivity contribution < 1.29 is 0 Å². The molecule has 0 atom stereocenters. The number of thioether (sulfide) groups is 1. The van der Waals surface area contributed by atoms with Crippen LogP contribution in [0, 0.1) is 13.8 Å². The van der Waals surface area contributed by atoms with E-state index in [1.165, 1.54) is 5.56 Å². The second kappa shape index (κ2) is 7.66. The van der Waals surface area contributed by atoms with E-state index < -0.39 is 0 Å². The molecule has 0 N–H and O–H groups in total. The molecule has 0 saturated heterocycles. The summed E-state index contributed by atoms with van der Waals surface area (Å²) in [6.07, 6.45) is 0. The van der Waals surface area contributed by atoms with Gasteiger partial charge in [-0.15, -0.1) is 11.3 Å². The van der Waals surface area contributed by atoms with Crippen molar-refractivity contribution in [2.24, 2.45) is 0 Å². The molecule has 2 heterocycles. The lowest BCUT2D eigenvalue weighted by Gasteiger charge is -2.13. The van der Waals surface area contributed by atoms with Crippen LogP contribution in [0.25, 0.3) is 10.9 Å². The third-order valence-electron chi connectivity index (χ3n) is 4.30. The molecule has 136 valence electrons. The van der Waals surface area contributed by atoms with Gasteiger partial charge >= 0.3 is 0 Å². The zero-order chi connectivity index (χ0) is 18.8. The summed E-state index contributed by atoms with van der Waals surface area (Å²) in [5.41, 5.74) is 4.05. The first-order valence-electron chi connectivity index (χ1n) is 8.69. The van der Waals surface area contributed by atoms with Crippen LogP contribution < -0.4 is 5.56 Å². The molecule has 27 heavy (non-hydrogen) atoms. The van der Waals surface area contributed by atoms with Crippen LogP contribution in [-0.4, -0.2) is 14.5 Å². The summed E-state index contributed by atoms with van der Waals surface area (Å²) in [5, 5.41) is 4.49. The largest absolute Gasteiger partial charge is 0.283 e. The first kappa shape index (κ1) is 17.9. The summed E-state index contributed by atoms with van der Waals surface area (Å²) in [5.74, 6) is 0.697. The van der Waals surface area contributed by atoms with Crippen LogP contribution in [0.3, 0.4) is 0 Å². The number of nitrogens with zero attached hydrogens (tertiary/aromatic N) is 3. The fourth-order valence-corrected chi connectivity index (χ4v) is 4.50. The van der Waals surface area contributed by atoms with Gasteiger partial charge in [-0.3, -0.25) is 9.36 Å². The maximum atomic E-state index is 13.1. The van der Waals surface area contributed by atoms with Gasteiger partial charge in [0.25, 0.3) is 5.56 Å².